The third-order valence-corrected chi connectivity index (χ3v) is 5.06. The number of benzene rings is 1. The molecule has 4 rings (SSSR count). The zero-order valence-corrected chi connectivity index (χ0v) is 16.1. The molecule has 1 aromatic carbocycles. The minimum absolute atomic E-state index is 0.0736. The van der Waals surface area contributed by atoms with Crippen molar-refractivity contribution >= 4 is 0 Å². The van der Waals surface area contributed by atoms with Gasteiger partial charge < -0.3 is 4.74 Å². The zero-order valence-electron chi connectivity index (χ0n) is 16.1. The van der Waals surface area contributed by atoms with E-state index >= 15 is 0 Å². The van der Waals surface area contributed by atoms with Crippen LogP contribution in [0.3, 0.4) is 0 Å². The van der Waals surface area contributed by atoms with Crippen LogP contribution in [0.2, 0.25) is 0 Å². The van der Waals surface area contributed by atoms with E-state index in [4.69, 9.17) is 9.72 Å². The summed E-state index contributed by atoms with van der Waals surface area (Å²) in [4.78, 5) is 7.13. The van der Waals surface area contributed by atoms with Gasteiger partial charge in [-0.15, -0.1) is 0 Å². The number of rotatable bonds is 6. The molecule has 6 heteroatoms. The topological polar surface area (TPSA) is 43.2 Å². The molecular weight excluding hydrogens is 355 g/mol. The summed E-state index contributed by atoms with van der Waals surface area (Å²) in [5.41, 5.74) is 3.63. The zero-order chi connectivity index (χ0) is 19.3. The Kier molecular flexibility index (Phi) is 5.78. The Morgan fingerprint density at radius 2 is 2.07 bits per heavy atom. The summed E-state index contributed by atoms with van der Waals surface area (Å²) in [7, 11) is 0. The molecule has 0 unspecified atom stereocenters. The number of aryl methyl sites for hydroxylation is 1. The predicted octanol–water partition coefficient (Wildman–Crippen LogP) is 3.60. The van der Waals surface area contributed by atoms with Crippen LogP contribution >= 0.6 is 0 Å². The lowest BCUT2D eigenvalue weighted by Gasteiger charge is -2.32. The molecule has 1 aliphatic rings. The lowest BCUT2D eigenvalue weighted by Crippen LogP contribution is -2.38. The lowest BCUT2D eigenvalue weighted by atomic mass is 10.1. The van der Waals surface area contributed by atoms with Crippen LogP contribution < -0.4 is 0 Å². The van der Waals surface area contributed by atoms with Crippen LogP contribution in [0.5, 0.6) is 0 Å². The Morgan fingerprint density at radius 1 is 1.18 bits per heavy atom. The maximum absolute atomic E-state index is 14.0. The predicted molar refractivity (Wildman–Crippen MR) is 105 cm³/mol. The van der Waals surface area contributed by atoms with Crippen LogP contribution in [-0.4, -0.2) is 39.4 Å². The van der Waals surface area contributed by atoms with Gasteiger partial charge in [0.15, 0.2) is 0 Å². The van der Waals surface area contributed by atoms with Gasteiger partial charge in [-0.05, 0) is 30.7 Å². The molecule has 0 spiro atoms. The molecule has 146 valence electrons. The Bertz CT molecular complexity index is 926. The van der Waals surface area contributed by atoms with Crippen molar-refractivity contribution in [1.29, 1.82) is 0 Å². The van der Waals surface area contributed by atoms with Gasteiger partial charge >= 0.3 is 0 Å². The van der Waals surface area contributed by atoms with Gasteiger partial charge in [0, 0.05) is 50.1 Å². The molecule has 1 aliphatic heterocycles. The van der Waals surface area contributed by atoms with Crippen LogP contribution in [0.25, 0.3) is 0 Å². The van der Waals surface area contributed by atoms with E-state index in [1.54, 1.807) is 12.1 Å². The fourth-order valence-corrected chi connectivity index (χ4v) is 3.56. The molecule has 2 aromatic heterocycles. The summed E-state index contributed by atoms with van der Waals surface area (Å²) in [5, 5.41) is 4.35. The van der Waals surface area contributed by atoms with Crippen molar-refractivity contribution in [3.8, 4) is 0 Å². The standard InChI is InChI=1S/C22H25FN4O/c1-2-27-15-17(13-24-27)14-26-10-11-28-22(16-26)21-9-5-7-19(25-21)12-18-6-3-4-8-20(18)23/h3-9,13,15,22H,2,10-12,14,16H2,1H3/t22-/m1/s1. The largest absolute Gasteiger partial charge is 0.369 e. The van der Waals surface area contributed by atoms with Crippen molar-refractivity contribution in [3.63, 3.8) is 0 Å². The van der Waals surface area contributed by atoms with Crippen molar-refractivity contribution in [2.75, 3.05) is 19.7 Å². The maximum atomic E-state index is 14.0. The van der Waals surface area contributed by atoms with Crippen molar-refractivity contribution < 1.29 is 9.13 Å². The van der Waals surface area contributed by atoms with Crippen molar-refractivity contribution in [1.82, 2.24) is 19.7 Å². The smallest absolute Gasteiger partial charge is 0.126 e. The molecular formula is C22H25FN4O. The molecule has 5 nitrogen and oxygen atoms in total. The number of pyridine rings is 1. The van der Waals surface area contributed by atoms with E-state index in [1.165, 1.54) is 11.6 Å². The van der Waals surface area contributed by atoms with Crippen LogP contribution in [0, 0.1) is 5.82 Å². The van der Waals surface area contributed by atoms with Crippen LogP contribution in [-0.2, 0) is 24.2 Å². The van der Waals surface area contributed by atoms with Gasteiger partial charge in [-0.25, -0.2) is 4.39 Å². The van der Waals surface area contributed by atoms with Gasteiger partial charge in [0.2, 0.25) is 0 Å². The fourth-order valence-electron chi connectivity index (χ4n) is 3.56. The van der Waals surface area contributed by atoms with E-state index in [-0.39, 0.29) is 11.9 Å². The molecule has 0 radical (unpaired) electrons. The first-order valence-electron chi connectivity index (χ1n) is 9.76. The van der Waals surface area contributed by atoms with E-state index < -0.39 is 0 Å². The molecule has 3 aromatic rings. The van der Waals surface area contributed by atoms with Crippen molar-refractivity contribution in [2.24, 2.45) is 0 Å². The first-order chi connectivity index (χ1) is 13.7. The van der Waals surface area contributed by atoms with Crippen LogP contribution in [0.4, 0.5) is 4.39 Å². The summed E-state index contributed by atoms with van der Waals surface area (Å²) < 4.78 is 21.9. The number of aromatic nitrogens is 3. The molecule has 0 saturated carbocycles. The van der Waals surface area contributed by atoms with Gasteiger partial charge in [-0.1, -0.05) is 24.3 Å². The summed E-state index contributed by atoms with van der Waals surface area (Å²) in [6.45, 7) is 6.17. The average molecular weight is 380 g/mol. The lowest BCUT2D eigenvalue weighted by molar-refractivity contribution is -0.0350. The Balaban J connectivity index is 1.44. The minimum Gasteiger partial charge on any atom is -0.369 e. The summed E-state index contributed by atoms with van der Waals surface area (Å²) in [6, 6.07) is 12.8. The third-order valence-electron chi connectivity index (χ3n) is 5.06. The Hall–Kier alpha value is -2.57. The SMILES string of the molecule is CCn1cc(CN2CCO[C@@H](c3cccc(Cc4ccccc4F)n3)C2)cn1. The number of hydrogen-bond donors (Lipinski definition) is 0. The Labute approximate surface area is 164 Å². The highest BCUT2D eigenvalue weighted by Crippen LogP contribution is 2.23. The first-order valence-corrected chi connectivity index (χ1v) is 9.76. The molecule has 1 fully saturated rings. The van der Waals surface area contributed by atoms with Crippen LogP contribution in [0.1, 0.15) is 35.5 Å². The molecule has 0 aliphatic carbocycles. The van der Waals surface area contributed by atoms with E-state index in [9.17, 15) is 4.39 Å². The number of nitrogens with zero attached hydrogens (tertiary/aromatic N) is 4. The monoisotopic (exact) mass is 380 g/mol. The van der Waals surface area contributed by atoms with E-state index in [2.05, 4.69) is 23.1 Å². The van der Waals surface area contributed by atoms with E-state index in [1.807, 2.05) is 35.1 Å². The first kappa shape index (κ1) is 18.8. The molecule has 0 bridgehead atoms. The van der Waals surface area contributed by atoms with Gasteiger partial charge in [-0.2, -0.15) is 5.10 Å². The molecule has 1 saturated heterocycles. The van der Waals surface area contributed by atoms with Gasteiger partial charge in [0.25, 0.3) is 0 Å². The fraction of sp³-hybridized carbons (Fsp3) is 0.364. The molecule has 28 heavy (non-hydrogen) atoms. The second-order valence-electron chi connectivity index (χ2n) is 7.12. The number of morpholine rings is 1. The molecule has 1 atom stereocenters. The number of hydrogen-bond acceptors (Lipinski definition) is 4. The van der Waals surface area contributed by atoms with Gasteiger partial charge in [0.1, 0.15) is 11.9 Å². The molecule has 0 N–H and O–H groups in total. The second-order valence-corrected chi connectivity index (χ2v) is 7.12. The van der Waals surface area contributed by atoms with E-state index in [0.717, 1.165) is 37.6 Å². The summed E-state index contributed by atoms with van der Waals surface area (Å²) in [6.07, 6.45) is 4.43. The highest BCUT2D eigenvalue weighted by Gasteiger charge is 2.23. The third kappa shape index (κ3) is 4.46. The van der Waals surface area contributed by atoms with Gasteiger partial charge in [0.05, 0.1) is 18.5 Å². The van der Waals surface area contributed by atoms with Crippen molar-refractivity contribution in [2.45, 2.75) is 32.5 Å². The second kappa shape index (κ2) is 8.63. The Morgan fingerprint density at radius 3 is 2.89 bits per heavy atom. The normalized spacial score (nSPS) is 17.7. The highest BCUT2D eigenvalue weighted by molar-refractivity contribution is 5.25. The maximum Gasteiger partial charge on any atom is 0.126 e. The quantitative estimate of drug-likeness (QED) is 0.655. The summed E-state index contributed by atoms with van der Waals surface area (Å²) >= 11 is 0. The van der Waals surface area contributed by atoms with E-state index in [0.29, 0.717) is 18.6 Å². The van der Waals surface area contributed by atoms with Crippen LogP contribution in [0.15, 0.2) is 54.9 Å². The number of halogens is 1. The highest BCUT2D eigenvalue weighted by atomic mass is 19.1. The molecule has 0 amide bonds. The van der Waals surface area contributed by atoms with Gasteiger partial charge in [-0.3, -0.25) is 14.6 Å². The number of ether oxygens (including phenoxy) is 1. The van der Waals surface area contributed by atoms with Crippen molar-refractivity contribution in [3.05, 3.63) is 83.2 Å². The minimum atomic E-state index is -0.192. The molecule has 3 heterocycles. The summed E-state index contributed by atoms with van der Waals surface area (Å²) in [5.74, 6) is -0.192. The average Bonchev–Trinajstić information content (AvgIpc) is 3.18.